The third kappa shape index (κ3) is 7.12. The Kier molecular flexibility index (Phi) is 6.69. The zero-order chi connectivity index (χ0) is 10.1. The first-order valence-electron chi connectivity index (χ1n) is 4.43. The van der Waals surface area contributed by atoms with Crippen molar-refractivity contribution in [2.45, 2.75) is 32.8 Å². The fourth-order valence-corrected chi connectivity index (χ4v) is 0.663. The molecule has 0 radical (unpaired) electrons. The zero-order valence-corrected chi connectivity index (χ0v) is 8.19. The highest BCUT2D eigenvalue weighted by Crippen LogP contribution is 1.99. The van der Waals surface area contributed by atoms with Crippen molar-refractivity contribution in [2.75, 3.05) is 0 Å². The number of esters is 1. The lowest BCUT2D eigenvalue weighted by molar-refractivity contribution is -0.147. The Morgan fingerprint density at radius 3 is 2.77 bits per heavy atom. The number of ether oxygens (including phenoxy) is 1. The van der Waals surface area contributed by atoms with Crippen LogP contribution in [0.25, 0.3) is 0 Å². The van der Waals surface area contributed by atoms with E-state index in [0.29, 0.717) is 6.42 Å². The van der Waals surface area contributed by atoms with Gasteiger partial charge in [-0.2, -0.15) is 0 Å². The van der Waals surface area contributed by atoms with E-state index in [1.807, 2.05) is 13.8 Å². The number of carbonyl (C=O) groups excluding carboxylic acids is 1. The SMILES string of the molecule is CCC(C)OC(=O)C/C=C\C=C/N. The van der Waals surface area contributed by atoms with Gasteiger partial charge in [0, 0.05) is 0 Å². The number of hydrogen-bond acceptors (Lipinski definition) is 3. The molecule has 0 rings (SSSR count). The van der Waals surface area contributed by atoms with Crippen LogP contribution in [-0.4, -0.2) is 12.1 Å². The molecule has 1 atom stereocenters. The number of rotatable bonds is 5. The first-order valence-corrected chi connectivity index (χ1v) is 4.43. The van der Waals surface area contributed by atoms with Crippen LogP contribution in [0.15, 0.2) is 24.4 Å². The molecule has 3 heteroatoms. The van der Waals surface area contributed by atoms with E-state index in [1.54, 1.807) is 18.2 Å². The van der Waals surface area contributed by atoms with Crippen LogP contribution in [0.3, 0.4) is 0 Å². The number of carbonyl (C=O) groups is 1. The van der Waals surface area contributed by atoms with Crippen LogP contribution in [0.4, 0.5) is 0 Å². The van der Waals surface area contributed by atoms with Crippen LogP contribution < -0.4 is 5.73 Å². The highest BCUT2D eigenvalue weighted by molar-refractivity contribution is 5.71. The van der Waals surface area contributed by atoms with Crippen LogP contribution in [0.2, 0.25) is 0 Å². The molecule has 0 fully saturated rings. The lowest BCUT2D eigenvalue weighted by Crippen LogP contribution is -2.12. The standard InChI is InChI=1S/C10H17NO2/c1-3-9(2)13-10(12)7-5-4-6-8-11/h4-6,8-9H,3,7,11H2,1-2H3/b5-4-,8-6-. The van der Waals surface area contributed by atoms with Crippen molar-refractivity contribution in [2.24, 2.45) is 5.73 Å². The van der Waals surface area contributed by atoms with Crippen molar-refractivity contribution in [1.29, 1.82) is 0 Å². The Labute approximate surface area is 79.3 Å². The molecule has 0 aliphatic rings. The van der Waals surface area contributed by atoms with Gasteiger partial charge in [0.1, 0.15) is 0 Å². The number of nitrogens with two attached hydrogens (primary N) is 1. The summed E-state index contributed by atoms with van der Waals surface area (Å²) in [5.74, 6) is -0.198. The average molecular weight is 183 g/mol. The van der Waals surface area contributed by atoms with Gasteiger partial charge in [-0.3, -0.25) is 4.79 Å². The minimum atomic E-state index is -0.198. The highest BCUT2D eigenvalue weighted by Gasteiger charge is 2.04. The first-order chi connectivity index (χ1) is 6.20. The Morgan fingerprint density at radius 2 is 2.23 bits per heavy atom. The van der Waals surface area contributed by atoms with Gasteiger partial charge in [0.25, 0.3) is 0 Å². The van der Waals surface area contributed by atoms with Crippen molar-refractivity contribution < 1.29 is 9.53 Å². The van der Waals surface area contributed by atoms with Gasteiger partial charge >= 0.3 is 5.97 Å². The lowest BCUT2D eigenvalue weighted by atomic mass is 10.3. The van der Waals surface area contributed by atoms with Crippen LogP contribution in [-0.2, 0) is 9.53 Å². The van der Waals surface area contributed by atoms with Gasteiger partial charge in [0.05, 0.1) is 12.5 Å². The lowest BCUT2D eigenvalue weighted by Gasteiger charge is -2.08. The largest absolute Gasteiger partial charge is 0.462 e. The summed E-state index contributed by atoms with van der Waals surface area (Å²) >= 11 is 0. The summed E-state index contributed by atoms with van der Waals surface area (Å²) in [7, 11) is 0. The third-order valence-electron chi connectivity index (χ3n) is 1.55. The normalized spacial score (nSPS) is 13.7. The minimum Gasteiger partial charge on any atom is -0.462 e. The van der Waals surface area contributed by atoms with Crippen molar-refractivity contribution in [1.82, 2.24) is 0 Å². The molecule has 0 aliphatic heterocycles. The first kappa shape index (κ1) is 11.8. The van der Waals surface area contributed by atoms with E-state index in [4.69, 9.17) is 10.5 Å². The van der Waals surface area contributed by atoms with Gasteiger partial charge in [-0.15, -0.1) is 0 Å². The van der Waals surface area contributed by atoms with Crippen LogP contribution >= 0.6 is 0 Å². The van der Waals surface area contributed by atoms with Crippen molar-refractivity contribution >= 4 is 5.97 Å². The van der Waals surface area contributed by atoms with Crippen LogP contribution in [0.5, 0.6) is 0 Å². The van der Waals surface area contributed by atoms with Gasteiger partial charge in [-0.05, 0) is 25.6 Å². The minimum absolute atomic E-state index is 0.00551. The molecule has 0 amide bonds. The molecule has 13 heavy (non-hydrogen) atoms. The monoisotopic (exact) mass is 183 g/mol. The molecule has 74 valence electrons. The predicted octanol–water partition coefficient (Wildman–Crippen LogP) is 1.75. The number of hydrogen-bond donors (Lipinski definition) is 1. The zero-order valence-electron chi connectivity index (χ0n) is 8.19. The summed E-state index contributed by atoms with van der Waals surface area (Å²) in [5.41, 5.74) is 5.10. The van der Waals surface area contributed by atoms with Gasteiger partial charge in [0.15, 0.2) is 0 Å². The molecule has 0 bridgehead atoms. The summed E-state index contributed by atoms with van der Waals surface area (Å²) in [6.07, 6.45) is 7.66. The summed E-state index contributed by atoms with van der Waals surface area (Å²) in [5, 5.41) is 0. The van der Waals surface area contributed by atoms with Gasteiger partial charge in [0.2, 0.25) is 0 Å². The van der Waals surface area contributed by atoms with E-state index < -0.39 is 0 Å². The Balaban J connectivity index is 3.63. The van der Waals surface area contributed by atoms with E-state index in [-0.39, 0.29) is 12.1 Å². The molecule has 0 spiro atoms. The van der Waals surface area contributed by atoms with E-state index in [1.165, 1.54) is 6.20 Å². The number of allylic oxidation sites excluding steroid dienone is 2. The van der Waals surface area contributed by atoms with Gasteiger partial charge in [-0.25, -0.2) is 0 Å². The molecule has 0 heterocycles. The maximum atomic E-state index is 11.0. The Hall–Kier alpha value is -1.25. The highest BCUT2D eigenvalue weighted by atomic mass is 16.5. The smallest absolute Gasteiger partial charge is 0.309 e. The second-order valence-corrected chi connectivity index (χ2v) is 2.73. The maximum absolute atomic E-state index is 11.0. The molecule has 0 aromatic carbocycles. The van der Waals surface area contributed by atoms with Gasteiger partial charge in [-0.1, -0.05) is 19.1 Å². The Bertz CT molecular complexity index is 197. The van der Waals surface area contributed by atoms with Crippen LogP contribution in [0.1, 0.15) is 26.7 Å². The molecule has 0 saturated carbocycles. The molecular weight excluding hydrogens is 166 g/mol. The fourth-order valence-electron chi connectivity index (χ4n) is 0.663. The molecule has 0 aromatic heterocycles. The Morgan fingerprint density at radius 1 is 1.54 bits per heavy atom. The van der Waals surface area contributed by atoms with Crippen molar-refractivity contribution in [3.05, 3.63) is 24.4 Å². The van der Waals surface area contributed by atoms with Gasteiger partial charge < -0.3 is 10.5 Å². The molecule has 0 aliphatic carbocycles. The second kappa shape index (κ2) is 7.40. The third-order valence-corrected chi connectivity index (χ3v) is 1.55. The molecule has 3 nitrogen and oxygen atoms in total. The summed E-state index contributed by atoms with van der Waals surface area (Å²) in [6, 6.07) is 0. The molecule has 2 N–H and O–H groups in total. The summed E-state index contributed by atoms with van der Waals surface area (Å²) in [4.78, 5) is 11.0. The van der Waals surface area contributed by atoms with Crippen LogP contribution in [0, 0.1) is 0 Å². The van der Waals surface area contributed by atoms with E-state index in [2.05, 4.69) is 0 Å². The molecule has 0 saturated heterocycles. The van der Waals surface area contributed by atoms with E-state index >= 15 is 0 Å². The molecule has 0 aromatic rings. The van der Waals surface area contributed by atoms with Crippen molar-refractivity contribution in [3.8, 4) is 0 Å². The fraction of sp³-hybridized carbons (Fsp3) is 0.500. The maximum Gasteiger partial charge on any atom is 0.309 e. The van der Waals surface area contributed by atoms with E-state index in [0.717, 1.165) is 6.42 Å². The predicted molar refractivity (Wildman–Crippen MR) is 52.9 cm³/mol. The molecular formula is C10H17NO2. The average Bonchev–Trinajstić information content (AvgIpc) is 2.12. The van der Waals surface area contributed by atoms with E-state index in [9.17, 15) is 4.79 Å². The summed E-state index contributed by atoms with van der Waals surface area (Å²) in [6.45, 7) is 3.85. The van der Waals surface area contributed by atoms with Crippen molar-refractivity contribution in [3.63, 3.8) is 0 Å². The summed E-state index contributed by atoms with van der Waals surface area (Å²) < 4.78 is 5.03. The topological polar surface area (TPSA) is 52.3 Å². The quantitative estimate of drug-likeness (QED) is 0.522. The molecule has 1 unspecified atom stereocenters. The second-order valence-electron chi connectivity index (χ2n) is 2.73.